The lowest BCUT2D eigenvalue weighted by Gasteiger charge is -2.34. The molecule has 1 aromatic carbocycles. The van der Waals surface area contributed by atoms with Gasteiger partial charge in [-0.3, -0.25) is 19.7 Å². The molecule has 8 nitrogen and oxygen atoms in total. The Morgan fingerprint density at radius 3 is 2.53 bits per heavy atom. The van der Waals surface area contributed by atoms with Gasteiger partial charge in [0, 0.05) is 43.9 Å². The van der Waals surface area contributed by atoms with Crippen LogP contribution < -0.4 is 15.5 Å². The summed E-state index contributed by atoms with van der Waals surface area (Å²) in [5.41, 5.74) is 2.77. The Labute approximate surface area is 188 Å². The second-order valence-electron chi connectivity index (χ2n) is 9.45. The van der Waals surface area contributed by atoms with E-state index >= 15 is 0 Å². The van der Waals surface area contributed by atoms with Crippen molar-refractivity contribution in [3.63, 3.8) is 0 Å². The number of rotatable bonds is 5. The van der Waals surface area contributed by atoms with E-state index < -0.39 is 6.04 Å². The first kappa shape index (κ1) is 21.4. The van der Waals surface area contributed by atoms with E-state index in [0.29, 0.717) is 30.6 Å². The quantitative estimate of drug-likeness (QED) is 0.674. The molecule has 5 rings (SSSR count). The average molecular weight is 441 g/mol. The SMILES string of the molecule is O=C1CCC(N2Cc3cc(N4CCC(COC5CCNCC5)CC4)ccc3C2=O)C(=O)N1. The smallest absolute Gasteiger partial charge is 0.255 e. The topological polar surface area (TPSA) is 91.0 Å². The number of benzene rings is 1. The highest BCUT2D eigenvalue weighted by Crippen LogP contribution is 2.32. The molecule has 0 saturated carbocycles. The molecule has 0 aliphatic carbocycles. The van der Waals surface area contributed by atoms with Crippen molar-refractivity contribution in [2.75, 3.05) is 37.7 Å². The first-order valence-corrected chi connectivity index (χ1v) is 11.9. The third-order valence-corrected chi connectivity index (χ3v) is 7.34. The maximum atomic E-state index is 12.9. The van der Waals surface area contributed by atoms with Crippen LogP contribution in [0.4, 0.5) is 5.69 Å². The molecule has 2 N–H and O–H groups in total. The molecule has 1 aromatic rings. The van der Waals surface area contributed by atoms with Crippen LogP contribution in [0.2, 0.25) is 0 Å². The van der Waals surface area contributed by atoms with Gasteiger partial charge in [-0.2, -0.15) is 0 Å². The van der Waals surface area contributed by atoms with E-state index in [1.54, 1.807) is 4.90 Å². The second kappa shape index (κ2) is 9.19. The molecule has 3 fully saturated rings. The summed E-state index contributed by atoms with van der Waals surface area (Å²) >= 11 is 0. The van der Waals surface area contributed by atoms with Crippen molar-refractivity contribution >= 4 is 23.4 Å². The van der Waals surface area contributed by atoms with Gasteiger partial charge in [0.15, 0.2) is 0 Å². The highest BCUT2D eigenvalue weighted by atomic mass is 16.5. The zero-order valence-corrected chi connectivity index (χ0v) is 18.5. The van der Waals surface area contributed by atoms with Gasteiger partial charge >= 0.3 is 0 Å². The van der Waals surface area contributed by atoms with E-state index in [-0.39, 0.29) is 24.1 Å². The van der Waals surface area contributed by atoms with Gasteiger partial charge in [0.2, 0.25) is 11.8 Å². The number of nitrogens with one attached hydrogen (secondary N) is 2. The number of fused-ring (bicyclic) bond motifs is 1. The molecule has 172 valence electrons. The minimum absolute atomic E-state index is 0.116. The number of hydrogen-bond acceptors (Lipinski definition) is 6. The van der Waals surface area contributed by atoms with Crippen molar-refractivity contribution in [1.82, 2.24) is 15.5 Å². The van der Waals surface area contributed by atoms with Crippen molar-refractivity contribution in [3.8, 4) is 0 Å². The largest absolute Gasteiger partial charge is 0.378 e. The zero-order valence-electron chi connectivity index (χ0n) is 18.5. The molecular weight excluding hydrogens is 408 g/mol. The number of nitrogens with zero attached hydrogens (tertiary/aromatic N) is 2. The Hall–Kier alpha value is -2.45. The monoisotopic (exact) mass is 440 g/mol. The molecular formula is C24H32N4O4. The number of piperidine rings is 3. The van der Waals surface area contributed by atoms with E-state index in [1.165, 1.54) is 0 Å². The van der Waals surface area contributed by atoms with Gasteiger partial charge in [0.05, 0.1) is 6.10 Å². The molecule has 4 aliphatic rings. The molecule has 0 bridgehead atoms. The van der Waals surface area contributed by atoms with E-state index in [1.807, 2.05) is 12.1 Å². The normalized spacial score (nSPS) is 25.2. The lowest BCUT2D eigenvalue weighted by molar-refractivity contribution is -0.136. The van der Waals surface area contributed by atoms with Crippen LogP contribution in [0.1, 0.15) is 54.4 Å². The molecule has 0 aromatic heterocycles. The molecule has 3 saturated heterocycles. The van der Waals surface area contributed by atoms with Gasteiger partial charge in [-0.05, 0) is 74.9 Å². The third-order valence-electron chi connectivity index (χ3n) is 7.34. The predicted molar refractivity (Wildman–Crippen MR) is 119 cm³/mol. The lowest BCUT2D eigenvalue weighted by Crippen LogP contribution is -2.52. The van der Waals surface area contributed by atoms with Crippen molar-refractivity contribution in [1.29, 1.82) is 0 Å². The number of hydrogen-bond donors (Lipinski definition) is 2. The van der Waals surface area contributed by atoms with Crippen LogP contribution in [0.5, 0.6) is 0 Å². The molecule has 1 unspecified atom stereocenters. The summed E-state index contributed by atoms with van der Waals surface area (Å²) in [6.07, 6.45) is 5.54. The van der Waals surface area contributed by atoms with E-state index in [2.05, 4.69) is 21.6 Å². The fraction of sp³-hybridized carbons (Fsp3) is 0.625. The second-order valence-corrected chi connectivity index (χ2v) is 9.45. The fourth-order valence-electron chi connectivity index (χ4n) is 5.35. The number of amides is 3. The van der Waals surface area contributed by atoms with Crippen LogP contribution in [0.25, 0.3) is 0 Å². The Balaban J connectivity index is 1.17. The summed E-state index contributed by atoms with van der Waals surface area (Å²) in [4.78, 5) is 40.6. The van der Waals surface area contributed by atoms with Crippen LogP contribution in [0.15, 0.2) is 18.2 Å². The summed E-state index contributed by atoms with van der Waals surface area (Å²) in [5.74, 6) is -0.131. The average Bonchev–Trinajstić information content (AvgIpc) is 3.14. The van der Waals surface area contributed by atoms with Crippen LogP contribution in [0.3, 0.4) is 0 Å². The first-order chi connectivity index (χ1) is 15.6. The van der Waals surface area contributed by atoms with Gasteiger partial charge < -0.3 is 19.9 Å². The van der Waals surface area contributed by atoms with Crippen molar-refractivity contribution in [2.24, 2.45) is 5.92 Å². The van der Waals surface area contributed by atoms with E-state index in [4.69, 9.17) is 4.74 Å². The third kappa shape index (κ3) is 4.38. The maximum absolute atomic E-state index is 12.9. The van der Waals surface area contributed by atoms with Gasteiger partial charge in [0.25, 0.3) is 5.91 Å². The summed E-state index contributed by atoms with van der Waals surface area (Å²) in [7, 11) is 0. The minimum atomic E-state index is -0.563. The van der Waals surface area contributed by atoms with E-state index in [9.17, 15) is 14.4 Å². The Morgan fingerprint density at radius 1 is 1.00 bits per heavy atom. The van der Waals surface area contributed by atoms with Crippen molar-refractivity contribution in [3.05, 3.63) is 29.3 Å². The Morgan fingerprint density at radius 2 is 1.78 bits per heavy atom. The van der Waals surface area contributed by atoms with Crippen LogP contribution in [0, 0.1) is 5.92 Å². The maximum Gasteiger partial charge on any atom is 0.255 e. The number of carbonyl (C=O) groups is 3. The van der Waals surface area contributed by atoms with Crippen LogP contribution in [-0.2, 0) is 20.9 Å². The lowest BCUT2D eigenvalue weighted by atomic mass is 9.96. The molecule has 32 heavy (non-hydrogen) atoms. The fourth-order valence-corrected chi connectivity index (χ4v) is 5.35. The zero-order chi connectivity index (χ0) is 22.1. The van der Waals surface area contributed by atoms with Crippen molar-refractivity contribution in [2.45, 2.75) is 57.2 Å². The predicted octanol–water partition coefficient (Wildman–Crippen LogP) is 1.43. The first-order valence-electron chi connectivity index (χ1n) is 11.9. The van der Waals surface area contributed by atoms with Crippen LogP contribution >= 0.6 is 0 Å². The molecule has 8 heteroatoms. The Bertz CT molecular complexity index is 890. The molecule has 4 heterocycles. The molecule has 3 amide bonds. The summed E-state index contributed by atoms with van der Waals surface area (Å²) in [6.45, 7) is 5.39. The molecule has 0 radical (unpaired) electrons. The summed E-state index contributed by atoms with van der Waals surface area (Å²) in [5, 5.41) is 5.74. The summed E-state index contributed by atoms with van der Waals surface area (Å²) in [6, 6.07) is 5.46. The van der Waals surface area contributed by atoms with Crippen molar-refractivity contribution < 1.29 is 19.1 Å². The minimum Gasteiger partial charge on any atom is -0.378 e. The van der Waals surface area contributed by atoms with Gasteiger partial charge in [-0.15, -0.1) is 0 Å². The highest BCUT2D eigenvalue weighted by molar-refractivity contribution is 6.05. The molecule has 0 spiro atoms. The van der Waals surface area contributed by atoms with Gasteiger partial charge in [-0.25, -0.2) is 0 Å². The molecule has 4 aliphatic heterocycles. The molecule has 1 atom stereocenters. The number of ether oxygens (including phenoxy) is 1. The van der Waals surface area contributed by atoms with Gasteiger partial charge in [0.1, 0.15) is 6.04 Å². The number of carbonyl (C=O) groups excluding carboxylic acids is 3. The number of imide groups is 1. The highest BCUT2D eigenvalue weighted by Gasteiger charge is 2.39. The number of anilines is 1. The Kier molecular flexibility index (Phi) is 6.15. The van der Waals surface area contributed by atoms with E-state index in [0.717, 1.165) is 69.7 Å². The van der Waals surface area contributed by atoms with Gasteiger partial charge in [-0.1, -0.05) is 0 Å². The standard InChI is InChI=1S/C24H32N4O4/c29-22-4-3-21(23(30)26-22)28-14-17-13-18(1-2-20(17)24(28)31)27-11-7-16(8-12-27)15-32-19-5-9-25-10-6-19/h1-2,13,16,19,21,25H,3-12,14-15H2,(H,26,29,30). The van der Waals surface area contributed by atoms with Crippen LogP contribution in [-0.4, -0.2) is 67.6 Å². The summed E-state index contributed by atoms with van der Waals surface area (Å²) < 4.78 is 6.17.